The van der Waals surface area contributed by atoms with Crippen LogP contribution < -0.4 is 20.4 Å². The maximum absolute atomic E-state index is 13.2. The van der Waals surface area contributed by atoms with E-state index in [9.17, 15) is 14.7 Å². The third-order valence-electron chi connectivity index (χ3n) is 8.02. The molecule has 0 atom stereocenters. The molecule has 1 saturated heterocycles. The van der Waals surface area contributed by atoms with Gasteiger partial charge in [0.15, 0.2) is 0 Å². The van der Waals surface area contributed by atoms with Crippen molar-refractivity contribution in [2.45, 2.75) is 32.6 Å². The maximum Gasteiger partial charge on any atom is 0.265 e. The summed E-state index contributed by atoms with van der Waals surface area (Å²) in [5.74, 6) is 0.123. The summed E-state index contributed by atoms with van der Waals surface area (Å²) in [5, 5.41) is 17.3. The van der Waals surface area contributed by atoms with Gasteiger partial charge in [0.25, 0.3) is 11.8 Å². The average Bonchev–Trinajstić information content (AvgIpc) is 3.61. The van der Waals surface area contributed by atoms with Crippen LogP contribution in [0.25, 0.3) is 6.08 Å². The van der Waals surface area contributed by atoms with Gasteiger partial charge in [-0.2, -0.15) is 0 Å². The number of rotatable bonds is 11. The van der Waals surface area contributed by atoms with Crippen molar-refractivity contribution in [3.8, 4) is 0 Å². The van der Waals surface area contributed by atoms with Crippen LogP contribution in [0.4, 0.5) is 28.4 Å². The van der Waals surface area contributed by atoms with E-state index in [4.69, 9.17) is 0 Å². The quantitative estimate of drug-likeness (QED) is 0.160. The van der Waals surface area contributed by atoms with Crippen LogP contribution in [0.1, 0.15) is 58.2 Å². The number of nitrogens with zero attached hydrogens (tertiary/aromatic N) is 2. The molecule has 44 heavy (non-hydrogen) atoms. The molecular weight excluding hydrogens is 568 g/mol. The van der Waals surface area contributed by atoms with Crippen LogP contribution in [-0.4, -0.2) is 43.7 Å². The highest BCUT2D eigenvalue weighted by Crippen LogP contribution is 2.32. The molecule has 7 nitrogen and oxygen atoms in total. The molecule has 1 aromatic heterocycles. The van der Waals surface area contributed by atoms with Crippen molar-refractivity contribution in [2.24, 2.45) is 5.92 Å². The van der Waals surface area contributed by atoms with E-state index in [1.165, 1.54) is 11.3 Å². The first kappa shape index (κ1) is 31.0. The molecule has 8 heteroatoms. The number of carbonyl (C=O) groups excluding carboxylic acids is 2. The molecule has 0 radical (unpaired) electrons. The van der Waals surface area contributed by atoms with Gasteiger partial charge in [0.2, 0.25) is 0 Å². The molecule has 2 amide bonds. The first-order valence-corrected chi connectivity index (χ1v) is 16.1. The van der Waals surface area contributed by atoms with Gasteiger partial charge in [-0.05, 0) is 109 Å². The van der Waals surface area contributed by atoms with E-state index in [0.717, 1.165) is 72.8 Å². The molecule has 0 saturated carbocycles. The summed E-state index contributed by atoms with van der Waals surface area (Å²) < 4.78 is 0. The Balaban J connectivity index is 1.27. The standard InChI is InChI=1S/C36H40N4O3S/c1-3-4-5-7-28-24-30(38-35(42)27-9-14-32(15-10-27)40-21-19-26(25-41)20-22-40)13-18-33(28)39(2)31-16-11-29(12-17-31)37-36(43)34-8-6-23-44-34/h5-18,23-24,26,41H,3-4,19-22,25H2,1-2H3,(H,37,43)(H,38,42)/b7-5+. The van der Waals surface area contributed by atoms with Crippen molar-refractivity contribution in [3.63, 3.8) is 0 Å². The fourth-order valence-electron chi connectivity index (χ4n) is 5.36. The summed E-state index contributed by atoms with van der Waals surface area (Å²) in [6.07, 6.45) is 8.24. The summed E-state index contributed by atoms with van der Waals surface area (Å²) in [6.45, 7) is 4.24. The first-order chi connectivity index (χ1) is 21.4. The fraction of sp³-hybridized carbons (Fsp3) is 0.278. The van der Waals surface area contributed by atoms with Gasteiger partial charge in [-0.1, -0.05) is 31.6 Å². The minimum Gasteiger partial charge on any atom is -0.396 e. The number of aliphatic hydroxyl groups is 1. The molecule has 3 N–H and O–H groups in total. The average molecular weight is 609 g/mol. The third-order valence-corrected chi connectivity index (χ3v) is 8.89. The summed E-state index contributed by atoms with van der Waals surface area (Å²) in [4.78, 5) is 30.7. The molecule has 1 aliphatic rings. The Morgan fingerprint density at radius 1 is 0.955 bits per heavy atom. The molecular formula is C36H40N4O3S. The van der Waals surface area contributed by atoms with Gasteiger partial charge in [0, 0.05) is 60.7 Å². The van der Waals surface area contributed by atoms with Crippen LogP contribution in [0.15, 0.2) is 90.3 Å². The summed E-state index contributed by atoms with van der Waals surface area (Å²) >= 11 is 1.41. The van der Waals surface area contributed by atoms with E-state index in [0.29, 0.717) is 16.4 Å². The first-order valence-electron chi connectivity index (χ1n) is 15.2. The predicted molar refractivity (Wildman–Crippen MR) is 184 cm³/mol. The van der Waals surface area contributed by atoms with E-state index in [1.807, 2.05) is 91.3 Å². The number of hydrogen-bond acceptors (Lipinski definition) is 6. The lowest BCUT2D eigenvalue weighted by molar-refractivity contribution is 0.102. The van der Waals surface area contributed by atoms with E-state index in [2.05, 4.69) is 39.5 Å². The molecule has 2 heterocycles. The van der Waals surface area contributed by atoms with E-state index < -0.39 is 0 Å². The van der Waals surface area contributed by atoms with Gasteiger partial charge in [0.1, 0.15) is 0 Å². The molecule has 0 aliphatic carbocycles. The molecule has 1 fully saturated rings. The number of amides is 2. The number of hydrogen-bond donors (Lipinski definition) is 3. The summed E-state index contributed by atoms with van der Waals surface area (Å²) in [7, 11) is 2.01. The third kappa shape index (κ3) is 7.75. The van der Waals surface area contributed by atoms with Crippen LogP contribution in [0.2, 0.25) is 0 Å². The number of unbranched alkanes of at least 4 members (excludes halogenated alkanes) is 1. The van der Waals surface area contributed by atoms with E-state index in [1.54, 1.807) is 0 Å². The van der Waals surface area contributed by atoms with Crippen LogP contribution in [0.3, 0.4) is 0 Å². The lowest BCUT2D eigenvalue weighted by Gasteiger charge is -2.32. The van der Waals surface area contributed by atoms with Gasteiger partial charge in [-0.15, -0.1) is 11.3 Å². The molecule has 3 aromatic carbocycles. The normalized spacial score (nSPS) is 13.7. The van der Waals surface area contributed by atoms with Crippen molar-refractivity contribution in [3.05, 3.63) is 106 Å². The summed E-state index contributed by atoms with van der Waals surface area (Å²) in [6, 6.07) is 25.2. The molecule has 5 rings (SSSR count). The molecule has 4 aromatic rings. The number of nitrogens with one attached hydrogen (secondary N) is 2. The van der Waals surface area contributed by atoms with Crippen LogP contribution in [0, 0.1) is 5.92 Å². The van der Waals surface area contributed by atoms with Crippen molar-refractivity contribution in [2.75, 3.05) is 47.2 Å². The number of aliphatic hydroxyl groups excluding tert-OH is 1. The minimum atomic E-state index is -0.152. The fourth-order valence-corrected chi connectivity index (χ4v) is 5.98. The highest BCUT2D eigenvalue weighted by molar-refractivity contribution is 7.12. The highest BCUT2D eigenvalue weighted by atomic mass is 32.1. The topological polar surface area (TPSA) is 84.9 Å². The van der Waals surface area contributed by atoms with Crippen molar-refractivity contribution < 1.29 is 14.7 Å². The second-order valence-corrected chi connectivity index (χ2v) is 12.1. The zero-order valence-electron chi connectivity index (χ0n) is 25.3. The molecule has 0 unspecified atom stereocenters. The number of anilines is 5. The lowest BCUT2D eigenvalue weighted by Crippen LogP contribution is -2.34. The second kappa shape index (κ2) is 14.9. The van der Waals surface area contributed by atoms with Gasteiger partial charge in [-0.3, -0.25) is 9.59 Å². The van der Waals surface area contributed by atoms with Crippen molar-refractivity contribution in [1.82, 2.24) is 0 Å². The number of carbonyl (C=O) groups is 2. The number of allylic oxidation sites excluding steroid dienone is 1. The minimum absolute atomic E-state index is 0.114. The Morgan fingerprint density at radius 3 is 2.32 bits per heavy atom. The van der Waals surface area contributed by atoms with Crippen LogP contribution in [-0.2, 0) is 0 Å². The number of benzene rings is 3. The SMILES string of the molecule is CCC/C=C/c1cc(NC(=O)c2ccc(N3CCC(CO)CC3)cc2)ccc1N(C)c1ccc(NC(=O)c2cccs2)cc1. The van der Waals surface area contributed by atoms with Crippen molar-refractivity contribution in [1.29, 1.82) is 0 Å². The smallest absolute Gasteiger partial charge is 0.265 e. The molecule has 228 valence electrons. The van der Waals surface area contributed by atoms with Gasteiger partial charge in [-0.25, -0.2) is 0 Å². The van der Waals surface area contributed by atoms with Crippen LogP contribution in [0.5, 0.6) is 0 Å². The highest BCUT2D eigenvalue weighted by Gasteiger charge is 2.19. The maximum atomic E-state index is 13.2. The number of thiophene rings is 1. The Kier molecular flexibility index (Phi) is 10.5. The molecule has 1 aliphatic heterocycles. The number of piperidine rings is 1. The Bertz CT molecular complexity index is 1560. The second-order valence-electron chi connectivity index (χ2n) is 11.1. The van der Waals surface area contributed by atoms with Gasteiger partial charge in [0.05, 0.1) is 4.88 Å². The van der Waals surface area contributed by atoms with E-state index >= 15 is 0 Å². The Hall–Kier alpha value is -4.40. The molecule has 0 spiro atoms. The monoisotopic (exact) mass is 608 g/mol. The zero-order valence-corrected chi connectivity index (χ0v) is 26.1. The molecule has 0 bridgehead atoms. The zero-order chi connectivity index (χ0) is 30.9. The van der Waals surface area contributed by atoms with Gasteiger partial charge >= 0.3 is 0 Å². The Morgan fingerprint density at radius 2 is 1.66 bits per heavy atom. The predicted octanol–water partition coefficient (Wildman–Crippen LogP) is 8.04. The van der Waals surface area contributed by atoms with E-state index in [-0.39, 0.29) is 18.4 Å². The van der Waals surface area contributed by atoms with Crippen molar-refractivity contribution >= 4 is 57.7 Å². The summed E-state index contributed by atoms with van der Waals surface area (Å²) in [5.41, 5.74) is 6.14. The Labute approximate surface area is 263 Å². The van der Waals surface area contributed by atoms with Crippen LogP contribution >= 0.6 is 11.3 Å². The lowest BCUT2D eigenvalue weighted by atomic mass is 9.97. The van der Waals surface area contributed by atoms with Gasteiger partial charge < -0.3 is 25.5 Å². The largest absolute Gasteiger partial charge is 0.396 e.